The highest BCUT2D eigenvalue weighted by atomic mass is 16.2. The van der Waals surface area contributed by atoms with Crippen LogP contribution in [0.25, 0.3) is 22.3 Å². The Morgan fingerprint density at radius 2 is 2.07 bits per heavy atom. The Bertz CT molecular complexity index is 1320. The molecule has 2 aliphatic rings. The van der Waals surface area contributed by atoms with Gasteiger partial charge in [0.1, 0.15) is 5.41 Å². The average Bonchev–Trinajstić information content (AvgIpc) is 3.27. The van der Waals surface area contributed by atoms with Gasteiger partial charge in [-0.1, -0.05) is 13.0 Å². The monoisotopic (exact) mass is 396 g/mol. The maximum atomic E-state index is 13.4. The number of nitriles is 1. The molecule has 4 aromatic heterocycles. The number of nitrogens with zero attached hydrogens (tertiary/aromatic N) is 6. The van der Waals surface area contributed by atoms with E-state index in [2.05, 4.69) is 16.3 Å². The summed E-state index contributed by atoms with van der Waals surface area (Å²) in [6.07, 6.45) is 7.49. The summed E-state index contributed by atoms with van der Waals surface area (Å²) in [5.74, 6) is 0.125. The van der Waals surface area contributed by atoms with E-state index in [1.165, 1.54) is 0 Å². The number of amides is 1. The van der Waals surface area contributed by atoms with Crippen LogP contribution in [0.4, 0.5) is 5.69 Å². The van der Waals surface area contributed by atoms with Gasteiger partial charge >= 0.3 is 0 Å². The lowest BCUT2D eigenvalue weighted by atomic mass is 9.75. The average molecular weight is 396 g/mol. The van der Waals surface area contributed by atoms with E-state index in [1.54, 1.807) is 15.6 Å². The molecule has 30 heavy (non-hydrogen) atoms. The highest BCUT2D eigenvalue weighted by Crippen LogP contribution is 2.54. The fourth-order valence-electron chi connectivity index (χ4n) is 4.96. The molecule has 6 rings (SSSR count). The largest absolute Gasteiger partial charge is 0.309 e. The molecule has 1 aliphatic heterocycles. The van der Waals surface area contributed by atoms with Crippen molar-refractivity contribution in [1.82, 2.24) is 19.2 Å². The maximum Gasteiger partial charge on any atom is 0.248 e. The zero-order valence-electron chi connectivity index (χ0n) is 16.6. The van der Waals surface area contributed by atoms with Gasteiger partial charge in [-0.25, -0.2) is 9.03 Å². The number of fused-ring (bicyclic) bond motifs is 2. The van der Waals surface area contributed by atoms with E-state index < -0.39 is 5.41 Å². The normalized spacial score (nSPS) is 24.1. The molecule has 7 heteroatoms. The van der Waals surface area contributed by atoms with Crippen LogP contribution >= 0.6 is 0 Å². The van der Waals surface area contributed by atoms with Crippen LogP contribution in [0.15, 0.2) is 55.0 Å². The molecule has 4 aromatic rings. The van der Waals surface area contributed by atoms with Crippen molar-refractivity contribution >= 4 is 22.6 Å². The van der Waals surface area contributed by atoms with Gasteiger partial charge in [-0.2, -0.15) is 15.5 Å². The van der Waals surface area contributed by atoms with Gasteiger partial charge in [0, 0.05) is 36.6 Å². The van der Waals surface area contributed by atoms with Gasteiger partial charge in [0.2, 0.25) is 5.91 Å². The fourth-order valence-corrected chi connectivity index (χ4v) is 4.96. The minimum atomic E-state index is -0.892. The first-order chi connectivity index (χ1) is 14.6. The Labute approximate surface area is 173 Å². The van der Waals surface area contributed by atoms with E-state index >= 15 is 0 Å². The zero-order valence-corrected chi connectivity index (χ0v) is 16.6. The molecular weight excluding hydrogens is 376 g/mol. The van der Waals surface area contributed by atoms with E-state index in [0.717, 1.165) is 40.8 Å². The van der Waals surface area contributed by atoms with Gasteiger partial charge < -0.3 is 4.90 Å². The number of aromatic nitrogens is 4. The van der Waals surface area contributed by atoms with Crippen molar-refractivity contribution in [2.75, 3.05) is 11.4 Å². The second-order valence-corrected chi connectivity index (χ2v) is 8.45. The summed E-state index contributed by atoms with van der Waals surface area (Å²) in [5.41, 5.74) is 3.55. The molecule has 1 saturated carbocycles. The first kappa shape index (κ1) is 17.2. The molecule has 0 bridgehead atoms. The molecule has 0 unspecified atom stereocenters. The van der Waals surface area contributed by atoms with Crippen molar-refractivity contribution in [3.8, 4) is 17.3 Å². The van der Waals surface area contributed by atoms with Gasteiger partial charge in [0.05, 0.1) is 28.5 Å². The molecule has 1 amide bonds. The highest BCUT2D eigenvalue weighted by Gasteiger charge is 2.61. The van der Waals surface area contributed by atoms with Crippen LogP contribution in [0.1, 0.15) is 19.8 Å². The molecule has 2 fully saturated rings. The molecular formula is C23H20N6O. The van der Waals surface area contributed by atoms with Crippen molar-refractivity contribution < 1.29 is 4.79 Å². The lowest BCUT2D eigenvalue weighted by molar-refractivity contribution is -0.124. The smallest absolute Gasteiger partial charge is 0.248 e. The molecule has 2 atom stereocenters. The quantitative estimate of drug-likeness (QED) is 0.530. The number of hydrogen-bond donors (Lipinski definition) is 0. The summed E-state index contributed by atoms with van der Waals surface area (Å²) in [6.45, 7) is 2.58. The van der Waals surface area contributed by atoms with Crippen LogP contribution in [-0.4, -0.2) is 31.7 Å². The highest BCUT2D eigenvalue weighted by molar-refractivity contribution is 6.05. The molecule has 7 nitrogen and oxygen atoms in total. The number of anilines is 1. The standard InChI is InChI=1S/C23H20N6O/c1-15-12-27(22(30)23(15,14-24)17-5-6-17)20-7-8-25-29-13-16(10-21(20)29)19-11-18-4-2-3-9-28(18)26-19/h2-4,7-11,13,15,17H,5-6,12H2,1H3/t15-,23+/m1/s1. The van der Waals surface area contributed by atoms with Crippen LogP contribution in [-0.2, 0) is 4.79 Å². The third-order valence-corrected chi connectivity index (χ3v) is 6.68. The molecule has 5 heterocycles. The Hall–Kier alpha value is -3.66. The number of rotatable bonds is 3. The second-order valence-electron chi connectivity index (χ2n) is 8.45. The van der Waals surface area contributed by atoms with Crippen molar-refractivity contribution in [2.45, 2.75) is 19.8 Å². The maximum absolute atomic E-state index is 13.4. The van der Waals surface area contributed by atoms with Crippen LogP contribution < -0.4 is 4.90 Å². The molecule has 148 valence electrons. The topological polar surface area (TPSA) is 78.7 Å². The van der Waals surface area contributed by atoms with Gasteiger partial charge in [-0.3, -0.25) is 4.79 Å². The number of carbonyl (C=O) groups excluding carboxylic acids is 1. The molecule has 0 spiro atoms. The third kappa shape index (κ3) is 2.22. The van der Waals surface area contributed by atoms with Gasteiger partial charge in [-0.15, -0.1) is 0 Å². The minimum Gasteiger partial charge on any atom is -0.309 e. The zero-order chi connectivity index (χ0) is 20.5. The second kappa shape index (κ2) is 5.92. The molecule has 0 N–H and O–H groups in total. The van der Waals surface area contributed by atoms with Crippen LogP contribution in [0, 0.1) is 28.6 Å². The van der Waals surface area contributed by atoms with Gasteiger partial charge in [0.25, 0.3) is 0 Å². The van der Waals surface area contributed by atoms with Gasteiger partial charge in [0.15, 0.2) is 0 Å². The van der Waals surface area contributed by atoms with Crippen LogP contribution in [0.2, 0.25) is 0 Å². The molecule has 0 radical (unpaired) electrons. The number of pyridine rings is 1. The van der Waals surface area contributed by atoms with E-state index in [9.17, 15) is 10.1 Å². The Balaban J connectivity index is 1.45. The Morgan fingerprint density at radius 3 is 2.83 bits per heavy atom. The molecule has 1 aliphatic carbocycles. The SMILES string of the molecule is C[C@@H]1CN(c2ccnn3cc(-c4cc5ccccn5n4)cc23)C(=O)[C@]1(C#N)C1CC1. The summed E-state index contributed by atoms with van der Waals surface area (Å²) in [4.78, 5) is 15.2. The van der Waals surface area contributed by atoms with E-state index in [1.807, 2.05) is 60.2 Å². The fraction of sp³-hybridized carbons (Fsp3) is 0.304. The summed E-state index contributed by atoms with van der Waals surface area (Å²) < 4.78 is 3.63. The first-order valence-corrected chi connectivity index (χ1v) is 10.3. The van der Waals surface area contributed by atoms with E-state index in [0.29, 0.717) is 6.54 Å². The predicted molar refractivity (Wildman–Crippen MR) is 112 cm³/mol. The summed E-state index contributed by atoms with van der Waals surface area (Å²) in [6, 6.07) is 14.3. The van der Waals surface area contributed by atoms with E-state index in [4.69, 9.17) is 0 Å². The third-order valence-electron chi connectivity index (χ3n) is 6.68. The van der Waals surface area contributed by atoms with E-state index in [-0.39, 0.29) is 17.7 Å². The van der Waals surface area contributed by atoms with Crippen LogP contribution in [0.3, 0.4) is 0 Å². The van der Waals surface area contributed by atoms with Gasteiger partial charge in [-0.05, 0) is 49.1 Å². The first-order valence-electron chi connectivity index (χ1n) is 10.3. The summed E-state index contributed by atoms with van der Waals surface area (Å²) >= 11 is 0. The predicted octanol–water partition coefficient (Wildman–Crippen LogP) is 3.55. The van der Waals surface area contributed by atoms with Crippen molar-refractivity contribution in [1.29, 1.82) is 5.26 Å². The number of hydrogen-bond acceptors (Lipinski definition) is 4. The van der Waals surface area contributed by atoms with Crippen LogP contribution in [0.5, 0.6) is 0 Å². The molecule has 0 aromatic carbocycles. The summed E-state index contributed by atoms with van der Waals surface area (Å²) in [5, 5.41) is 19.0. The number of carbonyl (C=O) groups is 1. The Morgan fingerprint density at radius 1 is 1.20 bits per heavy atom. The lowest BCUT2D eigenvalue weighted by Crippen LogP contribution is -2.37. The lowest BCUT2D eigenvalue weighted by Gasteiger charge is -2.23. The van der Waals surface area contributed by atoms with Crippen molar-refractivity contribution in [3.05, 3.63) is 55.0 Å². The summed E-state index contributed by atoms with van der Waals surface area (Å²) in [7, 11) is 0. The molecule has 1 saturated heterocycles. The van der Waals surface area contributed by atoms with Crippen molar-refractivity contribution in [2.24, 2.45) is 17.3 Å². The Kier molecular flexibility index (Phi) is 3.40. The van der Waals surface area contributed by atoms with Crippen molar-refractivity contribution in [3.63, 3.8) is 0 Å². The minimum absolute atomic E-state index is 0.00332.